The molecule has 0 atom stereocenters. The number of carboxylic acids is 2. The molecule has 0 aliphatic rings. The number of aromatic hydroxyl groups is 1. The number of hydrogen-bond acceptors (Lipinski definition) is 21. The van der Waals surface area contributed by atoms with Crippen LogP contribution in [0.1, 0.15) is 20.8 Å². The zero-order valence-corrected chi connectivity index (χ0v) is 37.0. The number of carbonyl (C=O) groups is 2. The lowest BCUT2D eigenvalue weighted by Gasteiger charge is -2.14. The number of ether oxygens (including phenoxy) is 3. The van der Waals surface area contributed by atoms with Gasteiger partial charge in [0.1, 0.15) is 68.7 Å². The van der Waals surface area contributed by atoms with E-state index in [1.165, 1.54) is 25.3 Å². The van der Waals surface area contributed by atoms with Crippen molar-refractivity contribution in [1.29, 1.82) is 0 Å². The molecule has 1 heterocycles. The summed E-state index contributed by atoms with van der Waals surface area (Å²) in [6.45, 7) is -1.88. The minimum Gasteiger partial charge on any atom is -0.505 e. The van der Waals surface area contributed by atoms with Gasteiger partial charge in [-0.15, -0.1) is 30.7 Å². The van der Waals surface area contributed by atoms with Crippen LogP contribution < -0.4 is 19.8 Å². The normalized spacial score (nSPS) is 12.4. The van der Waals surface area contributed by atoms with Crippen LogP contribution in [0.4, 0.5) is 34.1 Å². The minimum absolute atomic E-state index is 0.140. The van der Waals surface area contributed by atoms with Crippen molar-refractivity contribution in [3.8, 4) is 28.7 Å². The summed E-state index contributed by atoms with van der Waals surface area (Å²) in [5.74, 6) is -4.66. The molecule has 0 spiro atoms. The highest BCUT2D eigenvalue weighted by molar-refractivity contribution is 7.86. The maximum absolute atomic E-state index is 13.3. The van der Waals surface area contributed by atoms with Gasteiger partial charge in [0.2, 0.25) is 0 Å². The summed E-state index contributed by atoms with van der Waals surface area (Å²) in [5, 5.41) is 73.7. The number of rotatable bonds is 19. The smallest absolute Gasteiger partial charge is 0.356 e. The Bertz CT molecular complexity index is 3540. The van der Waals surface area contributed by atoms with Crippen LogP contribution in [0.3, 0.4) is 0 Å². The highest BCUT2D eigenvalue weighted by Crippen LogP contribution is 2.47. The Morgan fingerprint density at radius 3 is 1.71 bits per heavy atom. The van der Waals surface area contributed by atoms with Gasteiger partial charge in [0.25, 0.3) is 35.9 Å². The molecule has 0 amide bonds. The molecule has 1 aromatic heterocycles. The zero-order valence-electron chi connectivity index (χ0n) is 34.6. The predicted octanol–water partition coefficient (Wildman–Crippen LogP) is 5.16. The molecular formula is C38H32N8O20S3. The van der Waals surface area contributed by atoms with Crippen LogP contribution in [0.2, 0.25) is 0 Å². The van der Waals surface area contributed by atoms with Gasteiger partial charge < -0.3 is 39.7 Å². The van der Waals surface area contributed by atoms with Gasteiger partial charge in [-0.25, -0.2) is 14.3 Å². The quantitative estimate of drug-likeness (QED) is 0.0374. The Labute approximate surface area is 386 Å². The van der Waals surface area contributed by atoms with Crippen LogP contribution in [0, 0.1) is 0 Å². The fraction of sp³-hybridized carbons (Fsp3) is 0.132. The van der Waals surface area contributed by atoms with Gasteiger partial charge in [-0.05, 0) is 60.7 Å². The third-order valence-electron chi connectivity index (χ3n) is 9.13. The lowest BCUT2D eigenvalue weighted by Crippen LogP contribution is -2.14. The molecule has 0 saturated heterocycles. The van der Waals surface area contributed by atoms with E-state index in [2.05, 4.69) is 35.8 Å². The Balaban J connectivity index is 1.49. The monoisotopic (exact) mass is 1020 g/mol. The van der Waals surface area contributed by atoms with E-state index in [4.69, 9.17) is 14.2 Å². The SMILES string of the molecule is COc1ccc(N=Nc2cc(OCCO)c(N=Nc3c(S(=O)(=O)O)cc4c(S(=O)(=O)O)c(N=Nc5c(C(=O)O)[nH]n(-c6ccc(S(=O)(=O)O)cc6)c5=O)ccc4c3O)cc2OCCO)c(C(=O)O)c1. The van der Waals surface area contributed by atoms with Crippen molar-refractivity contribution in [3.05, 3.63) is 94.4 Å². The lowest BCUT2D eigenvalue weighted by molar-refractivity contribution is 0.0682. The standard InChI is InChI=1S/C38H32N8O20S3/c1-64-19-4-8-24(23(14-19)37(51)52)39-41-26-16-29(66-13-11-48)27(17-28(26)65-12-10-47)42-43-31-30(68(58,59)60)15-22-21(34(31)49)7-9-25(35(22)69(61,62)63)40-44-32-33(38(53)54)45-46(36(32)50)18-2-5-20(6-3-18)67(55,56)57/h2-9,14-17,45,47-49H,10-13H2,1H3,(H,51,52)(H,53,54)(H,55,56,57)(H,58,59,60)(H,61,62,63). The first-order valence-electron chi connectivity index (χ1n) is 18.7. The molecule has 6 aromatic rings. The van der Waals surface area contributed by atoms with E-state index in [-0.39, 0.29) is 52.2 Å². The number of fused-ring (bicyclic) bond motifs is 1. The van der Waals surface area contributed by atoms with Crippen molar-refractivity contribution in [2.24, 2.45) is 30.7 Å². The van der Waals surface area contributed by atoms with E-state index in [0.717, 1.165) is 48.5 Å². The Hall–Kier alpha value is -8.04. The second-order valence-corrected chi connectivity index (χ2v) is 17.7. The molecule has 0 aliphatic carbocycles. The first kappa shape index (κ1) is 50.4. The van der Waals surface area contributed by atoms with Crippen LogP contribution in [-0.2, 0) is 30.4 Å². The van der Waals surface area contributed by atoms with Gasteiger partial charge in [-0.2, -0.15) is 25.3 Å². The summed E-state index contributed by atoms with van der Waals surface area (Å²) < 4.78 is 121. The number of phenolic OH excluding ortho intramolecular Hbond substituents is 1. The fourth-order valence-corrected chi connectivity index (χ4v) is 8.05. The van der Waals surface area contributed by atoms with Crippen LogP contribution in [0.15, 0.2) is 123 Å². The number of azo groups is 3. The molecule has 0 aliphatic heterocycles. The average Bonchev–Trinajstić information content (AvgIpc) is 3.62. The van der Waals surface area contributed by atoms with Gasteiger partial charge in [0.15, 0.2) is 17.1 Å². The van der Waals surface area contributed by atoms with Crippen molar-refractivity contribution >= 4 is 87.2 Å². The lowest BCUT2D eigenvalue weighted by atomic mass is 10.1. The molecule has 28 nitrogen and oxygen atoms in total. The van der Waals surface area contributed by atoms with Crippen molar-refractivity contribution < 1.29 is 88.2 Å². The largest absolute Gasteiger partial charge is 0.505 e. The van der Waals surface area contributed by atoms with Crippen molar-refractivity contribution in [3.63, 3.8) is 0 Å². The van der Waals surface area contributed by atoms with E-state index in [1.54, 1.807) is 0 Å². The molecule has 31 heteroatoms. The highest BCUT2D eigenvalue weighted by Gasteiger charge is 2.29. The third-order valence-corrected chi connectivity index (χ3v) is 11.8. The topological polar surface area (TPSA) is 438 Å². The van der Waals surface area contributed by atoms with Gasteiger partial charge in [0, 0.05) is 22.9 Å². The van der Waals surface area contributed by atoms with E-state index < -0.39 is 122 Å². The molecular weight excluding hydrogens is 985 g/mol. The number of aliphatic hydroxyl groups excluding tert-OH is 2. The van der Waals surface area contributed by atoms with Crippen LogP contribution >= 0.6 is 0 Å². The van der Waals surface area contributed by atoms with Crippen LogP contribution in [-0.4, -0.2) is 120 Å². The minimum atomic E-state index is -5.56. The third kappa shape index (κ3) is 11.1. The fourth-order valence-electron chi connectivity index (χ4n) is 6.10. The number of hydrogen-bond donors (Lipinski definition) is 9. The number of aromatic amines is 1. The van der Waals surface area contributed by atoms with E-state index in [1.807, 2.05) is 0 Å². The van der Waals surface area contributed by atoms with E-state index in [9.17, 15) is 78.8 Å². The number of H-pyrrole nitrogens is 1. The van der Waals surface area contributed by atoms with Gasteiger partial charge >= 0.3 is 11.9 Å². The first-order valence-corrected chi connectivity index (χ1v) is 23.1. The number of nitrogens with zero attached hydrogens (tertiary/aromatic N) is 7. The number of nitrogens with one attached hydrogen (secondary N) is 1. The molecule has 0 bridgehead atoms. The Kier molecular flexibility index (Phi) is 14.6. The second-order valence-electron chi connectivity index (χ2n) is 13.5. The van der Waals surface area contributed by atoms with Gasteiger partial charge in [-0.1, -0.05) is 0 Å². The number of phenols is 1. The molecule has 362 valence electrons. The number of aliphatic hydroxyl groups is 2. The highest BCUT2D eigenvalue weighted by atomic mass is 32.2. The molecule has 69 heavy (non-hydrogen) atoms. The second kappa shape index (κ2) is 20.1. The molecule has 0 fully saturated rings. The molecule has 0 unspecified atom stereocenters. The maximum Gasteiger partial charge on any atom is 0.356 e. The summed E-state index contributed by atoms with van der Waals surface area (Å²) in [7, 11) is -14.4. The maximum atomic E-state index is 13.3. The summed E-state index contributed by atoms with van der Waals surface area (Å²) in [6.07, 6.45) is 0. The molecule has 0 radical (unpaired) electrons. The summed E-state index contributed by atoms with van der Waals surface area (Å²) in [4.78, 5) is 34.2. The Morgan fingerprint density at radius 2 is 1.19 bits per heavy atom. The van der Waals surface area contributed by atoms with Gasteiger partial charge in [-0.3, -0.25) is 23.6 Å². The predicted molar refractivity (Wildman–Crippen MR) is 232 cm³/mol. The zero-order chi connectivity index (χ0) is 50.6. The van der Waals surface area contributed by atoms with E-state index >= 15 is 0 Å². The Morgan fingerprint density at radius 1 is 0.638 bits per heavy atom. The molecule has 0 saturated carbocycles. The van der Waals surface area contributed by atoms with Gasteiger partial charge in [0.05, 0.1) is 36.5 Å². The van der Waals surface area contributed by atoms with Crippen LogP contribution in [0.5, 0.6) is 23.0 Å². The number of benzene rings is 5. The first-order chi connectivity index (χ1) is 32.5. The number of aromatic nitrogens is 2. The van der Waals surface area contributed by atoms with Crippen molar-refractivity contribution in [2.75, 3.05) is 33.5 Å². The van der Waals surface area contributed by atoms with Crippen LogP contribution in [0.25, 0.3) is 16.5 Å². The number of carboxylic acid groups (broad SMARTS) is 2. The molecule has 6 rings (SSSR count). The molecule has 5 aromatic carbocycles. The van der Waals surface area contributed by atoms with Crippen molar-refractivity contribution in [2.45, 2.75) is 14.7 Å². The summed E-state index contributed by atoms with van der Waals surface area (Å²) in [6, 6.07) is 12.0. The summed E-state index contributed by atoms with van der Waals surface area (Å²) >= 11 is 0. The number of methoxy groups -OCH3 is 1. The van der Waals surface area contributed by atoms with Crippen molar-refractivity contribution in [1.82, 2.24) is 9.78 Å². The number of aromatic carboxylic acids is 2. The summed E-state index contributed by atoms with van der Waals surface area (Å²) in [5.41, 5.74) is -6.24. The van der Waals surface area contributed by atoms with E-state index in [0.29, 0.717) is 10.7 Å². The average molecular weight is 1020 g/mol. The molecule has 9 N–H and O–H groups in total.